The van der Waals surface area contributed by atoms with Gasteiger partial charge in [0.25, 0.3) is 0 Å². The molecule has 2 amide bonds. The summed E-state index contributed by atoms with van der Waals surface area (Å²) in [5.74, 6) is -0.681. The van der Waals surface area contributed by atoms with Crippen LogP contribution in [0.15, 0.2) is 18.3 Å². The molecule has 1 rings (SSSR count). The summed E-state index contributed by atoms with van der Waals surface area (Å²) >= 11 is 0. The number of carbonyl (C=O) groups is 2. The van der Waals surface area contributed by atoms with Crippen molar-refractivity contribution in [2.24, 2.45) is 0 Å². The molecule has 0 radical (unpaired) electrons. The van der Waals surface area contributed by atoms with E-state index >= 15 is 0 Å². The molecule has 0 spiro atoms. The number of ether oxygens (including phenoxy) is 2. The van der Waals surface area contributed by atoms with Crippen LogP contribution in [-0.2, 0) is 9.53 Å². The van der Waals surface area contributed by atoms with Crippen LogP contribution in [0.2, 0.25) is 0 Å². The lowest BCUT2D eigenvalue weighted by atomic mass is 10.3. The van der Waals surface area contributed by atoms with Gasteiger partial charge < -0.3 is 25.2 Å². The molecule has 20 heavy (non-hydrogen) atoms. The molecule has 0 aliphatic carbocycles. The highest BCUT2D eigenvalue weighted by Crippen LogP contribution is 2.11. The predicted molar refractivity (Wildman–Crippen MR) is 70.9 cm³/mol. The van der Waals surface area contributed by atoms with E-state index in [0.717, 1.165) is 0 Å². The van der Waals surface area contributed by atoms with Crippen LogP contribution in [0.25, 0.3) is 0 Å². The Morgan fingerprint density at radius 1 is 1.45 bits per heavy atom. The molecule has 0 saturated carbocycles. The molecule has 1 aromatic rings. The second kappa shape index (κ2) is 7.95. The molecular weight excluding hydrogens is 266 g/mol. The number of nitrogens with zero attached hydrogens (tertiary/aromatic N) is 1. The average molecular weight is 283 g/mol. The number of rotatable bonds is 7. The Labute approximate surface area is 116 Å². The molecule has 110 valence electrons. The van der Waals surface area contributed by atoms with Crippen LogP contribution in [0.5, 0.6) is 5.88 Å². The van der Waals surface area contributed by atoms with Gasteiger partial charge in [-0.1, -0.05) is 0 Å². The molecule has 1 heterocycles. The SMILES string of the molecule is CCOc1ccc(NC(=O)NCC(OC)C(=O)O)cn1. The molecule has 8 heteroatoms. The molecule has 1 unspecified atom stereocenters. The second-order valence-corrected chi connectivity index (χ2v) is 3.72. The molecule has 0 bridgehead atoms. The van der Waals surface area contributed by atoms with E-state index in [0.29, 0.717) is 18.2 Å². The van der Waals surface area contributed by atoms with Crippen molar-refractivity contribution in [3.8, 4) is 5.88 Å². The molecule has 1 aromatic heterocycles. The van der Waals surface area contributed by atoms with E-state index in [1.165, 1.54) is 13.3 Å². The zero-order valence-corrected chi connectivity index (χ0v) is 11.3. The van der Waals surface area contributed by atoms with Crippen LogP contribution >= 0.6 is 0 Å². The number of aliphatic carboxylic acids is 1. The van der Waals surface area contributed by atoms with Crippen LogP contribution < -0.4 is 15.4 Å². The van der Waals surface area contributed by atoms with Gasteiger partial charge in [0.2, 0.25) is 5.88 Å². The summed E-state index contributed by atoms with van der Waals surface area (Å²) in [7, 11) is 1.26. The summed E-state index contributed by atoms with van der Waals surface area (Å²) in [6.45, 7) is 2.21. The number of carbonyl (C=O) groups excluding carboxylic acids is 1. The normalized spacial score (nSPS) is 11.5. The first-order valence-corrected chi connectivity index (χ1v) is 5.96. The maximum Gasteiger partial charge on any atom is 0.334 e. The molecule has 8 nitrogen and oxygen atoms in total. The van der Waals surface area contributed by atoms with Crippen molar-refractivity contribution in [1.82, 2.24) is 10.3 Å². The van der Waals surface area contributed by atoms with Crippen LogP contribution in [0.4, 0.5) is 10.5 Å². The quantitative estimate of drug-likeness (QED) is 0.679. The number of urea groups is 1. The van der Waals surface area contributed by atoms with E-state index in [9.17, 15) is 9.59 Å². The number of pyridine rings is 1. The highest BCUT2D eigenvalue weighted by Gasteiger charge is 2.17. The minimum Gasteiger partial charge on any atom is -0.479 e. The third kappa shape index (κ3) is 5.11. The van der Waals surface area contributed by atoms with Gasteiger partial charge in [-0.2, -0.15) is 0 Å². The zero-order chi connectivity index (χ0) is 15.0. The highest BCUT2D eigenvalue weighted by atomic mass is 16.5. The van der Waals surface area contributed by atoms with E-state index in [1.807, 2.05) is 6.92 Å². The molecule has 0 aliphatic rings. The van der Waals surface area contributed by atoms with Gasteiger partial charge in [0.15, 0.2) is 6.10 Å². The summed E-state index contributed by atoms with van der Waals surface area (Å²) < 4.78 is 9.85. The smallest absolute Gasteiger partial charge is 0.334 e. The number of aromatic nitrogens is 1. The van der Waals surface area contributed by atoms with E-state index in [1.54, 1.807) is 12.1 Å². The van der Waals surface area contributed by atoms with E-state index < -0.39 is 18.1 Å². The van der Waals surface area contributed by atoms with Crippen molar-refractivity contribution in [1.29, 1.82) is 0 Å². The number of methoxy groups -OCH3 is 1. The Balaban J connectivity index is 2.43. The number of anilines is 1. The van der Waals surface area contributed by atoms with Gasteiger partial charge in [-0.15, -0.1) is 0 Å². The lowest BCUT2D eigenvalue weighted by Crippen LogP contribution is -2.39. The summed E-state index contributed by atoms with van der Waals surface area (Å²) in [5, 5.41) is 13.6. The molecule has 3 N–H and O–H groups in total. The van der Waals surface area contributed by atoms with Crippen molar-refractivity contribution < 1.29 is 24.2 Å². The fourth-order valence-electron chi connectivity index (χ4n) is 1.32. The summed E-state index contributed by atoms with van der Waals surface area (Å²) in [6.07, 6.45) is 0.356. The van der Waals surface area contributed by atoms with Crippen molar-refractivity contribution >= 4 is 17.7 Å². The fourth-order valence-corrected chi connectivity index (χ4v) is 1.32. The van der Waals surface area contributed by atoms with Crippen LogP contribution in [0.1, 0.15) is 6.92 Å². The fraction of sp³-hybridized carbons (Fsp3) is 0.417. The first kappa shape index (κ1) is 15.7. The molecule has 0 saturated heterocycles. The van der Waals surface area contributed by atoms with Crippen LogP contribution in [0, 0.1) is 0 Å². The van der Waals surface area contributed by atoms with Gasteiger partial charge in [0.1, 0.15) is 0 Å². The molecule has 0 aliphatic heterocycles. The van der Waals surface area contributed by atoms with Gasteiger partial charge in [0, 0.05) is 13.2 Å². The van der Waals surface area contributed by atoms with Crippen molar-refractivity contribution in [2.75, 3.05) is 25.6 Å². The number of carboxylic acids is 1. The Bertz CT molecular complexity index is 449. The van der Waals surface area contributed by atoms with Gasteiger partial charge >= 0.3 is 12.0 Å². The van der Waals surface area contributed by atoms with Crippen LogP contribution in [-0.4, -0.2) is 48.5 Å². The predicted octanol–water partition coefficient (Wildman–Crippen LogP) is 0.701. The molecule has 0 fully saturated rings. The molecular formula is C12H17N3O5. The Hall–Kier alpha value is -2.35. The minimum absolute atomic E-state index is 0.137. The van der Waals surface area contributed by atoms with Gasteiger partial charge in [-0.25, -0.2) is 14.6 Å². The van der Waals surface area contributed by atoms with Gasteiger partial charge in [-0.05, 0) is 13.0 Å². The monoisotopic (exact) mass is 283 g/mol. The standard InChI is InChI=1S/C12H17N3O5/c1-3-20-10-5-4-8(6-13-10)15-12(18)14-7-9(19-2)11(16)17/h4-6,9H,3,7H2,1-2H3,(H,16,17)(H2,14,15,18). The third-order valence-corrected chi connectivity index (χ3v) is 2.29. The van der Waals surface area contributed by atoms with Crippen molar-refractivity contribution in [2.45, 2.75) is 13.0 Å². The number of amides is 2. The minimum atomic E-state index is -1.14. The summed E-state index contributed by atoms with van der Waals surface area (Å²) in [4.78, 5) is 26.2. The first-order valence-electron chi connectivity index (χ1n) is 5.96. The maximum absolute atomic E-state index is 11.5. The van der Waals surface area contributed by atoms with Gasteiger partial charge in [-0.3, -0.25) is 0 Å². The summed E-state index contributed by atoms with van der Waals surface area (Å²) in [5.41, 5.74) is 0.468. The van der Waals surface area contributed by atoms with E-state index in [4.69, 9.17) is 9.84 Å². The van der Waals surface area contributed by atoms with E-state index in [-0.39, 0.29) is 6.54 Å². The van der Waals surface area contributed by atoms with Crippen molar-refractivity contribution in [3.05, 3.63) is 18.3 Å². The van der Waals surface area contributed by atoms with Crippen LogP contribution in [0.3, 0.4) is 0 Å². The van der Waals surface area contributed by atoms with E-state index in [2.05, 4.69) is 20.4 Å². The number of hydrogen-bond acceptors (Lipinski definition) is 5. The zero-order valence-electron chi connectivity index (χ0n) is 11.3. The molecule has 1 atom stereocenters. The Morgan fingerprint density at radius 3 is 2.70 bits per heavy atom. The highest BCUT2D eigenvalue weighted by molar-refractivity contribution is 5.89. The molecule has 0 aromatic carbocycles. The lowest BCUT2D eigenvalue weighted by molar-refractivity contribution is -0.147. The number of carboxylic acid groups (broad SMARTS) is 1. The Morgan fingerprint density at radius 2 is 2.20 bits per heavy atom. The van der Waals surface area contributed by atoms with Gasteiger partial charge in [0.05, 0.1) is 25.0 Å². The average Bonchev–Trinajstić information content (AvgIpc) is 2.41. The first-order chi connectivity index (χ1) is 9.56. The maximum atomic E-state index is 11.5. The topological polar surface area (TPSA) is 110 Å². The van der Waals surface area contributed by atoms with Crippen molar-refractivity contribution in [3.63, 3.8) is 0 Å². The number of hydrogen-bond donors (Lipinski definition) is 3. The largest absolute Gasteiger partial charge is 0.479 e. The third-order valence-electron chi connectivity index (χ3n) is 2.29. The number of nitrogens with one attached hydrogen (secondary N) is 2. The second-order valence-electron chi connectivity index (χ2n) is 3.72. The Kier molecular flexibility index (Phi) is 6.24. The summed E-state index contributed by atoms with van der Waals surface area (Å²) in [6, 6.07) is 2.70. The lowest BCUT2D eigenvalue weighted by Gasteiger charge is -2.12.